The first-order valence-electron chi connectivity index (χ1n) is 23.0. The van der Waals surface area contributed by atoms with Crippen molar-refractivity contribution in [1.29, 1.82) is 0 Å². The Hall–Kier alpha value is -4.67. The van der Waals surface area contributed by atoms with Crippen molar-refractivity contribution in [3.8, 4) is 0 Å². The SMILES string of the molecule is C[C@@H]1CC[C@@H](C(C)(C)c2ccccc2)[C@H](OC(=O)/C=C/[C@@H](CC[C@@H](C=O)O[Si](c2ccccc2)(c2ccccc2)C(C)(C)C)O[Si](c2ccccc2)(c2ccccc2)C(C)(C)C)C1. The van der Waals surface area contributed by atoms with Crippen LogP contribution in [-0.2, 0) is 28.6 Å². The molecule has 0 spiro atoms. The van der Waals surface area contributed by atoms with Gasteiger partial charge >= 0.3 is 5.97 Å². The van der Waals surface area contributed by atoms with Crippen LogP contribution in [0, 0.1) is 11.8 Å². The van der Waals surface area contributed by atoms with Gasteiger partial charge in [0, 0.05) is 12.0 Å². The highest BCUT2D eigenvalue weighted by atomic mass is 28.4. The monoisotopic (exact) mass is 878 g/mol. The fraction of sp³-hybridized carbons (Fsp3) is 0.393. The van der Waals surface area contributed by atoms with Gasteiger partial charge in [-0.15, -0.1) is 0 Å². The third-order valence-electron chi connectivity index (χ3n) is 13.6. The van der Waals surface area contributed by atoms with Crippen molar-refractivity contribution in [3.63, 3.8) is 0 Å². The molecule has 1 saturated carbocycles. The van der Waals surface area contributed by atoms with E-state index in [1.165, 1.54) is 5.56 Å². The maximum absolute atomic E-state index is 14.2. The van der Waals surface area contributed by atoms with Gasteiger partial charge in [0.15, 0.2) is 0 Å². The van der Waals surface area contributed by atoms with Gasteiger partial charge in [0.05, 0.1) is 6.10 Å². The van der Waals surface area contributed by atoms with Gasteiger partial charge in [-0.05, 0) is 79.5 Å². The predicted molar refractivity (Wildman–Crippen MR) is 265 cm³/mol. The molecule has 0 aliphatic heterocycles. The van der Waals surface area contributed by atoms with E-state index in [0.717, 1.165) is 46.3 Å². The van der Waals surface area contributed by atoms with E-state index in [1.54, 1.807) is 6.08 Å². The summed E-state index contributed by atoms with van der Waals surface area (Å²) in [6.45, 7) is 20.3. The van der Waals surface area contributed by atoms with Crippen molar-refractivity contribution < 1.29 is 23.2 Å². The molecule has 0 N–H and O–H groups in total. The fourth-order valence-corrected chi connectivity index (χ4v) is 19.6. The number of hydrogen-bond donors (Lipinski definition) is 0. The molecule has 0 radical (unpaired) electrons. The van der Waals surface area contributed by atoms with Crippen LogP contribution < -0.4 is 20.7 Å². The predicted octanol–water partition coefficient (Wildman–Crippen LogP) is 10.7. The molecule has 0 unspecified atom stereocenters. The normalized spacial score (nSPS) is 18.7. The van der Waals surface area contributed by atoms with E-state index in [9.17, 15) is 9.59 Å². The summed E-state index contributed by atoms with van der Waals surface area (Å²) >= 11 is 0. The quantitative estimate of drug-likeness (QED) is 0.0403. The Balaban J connectivity index is 1.38. The lowest BCUT2D eigenvalue weighted by Gasteiger charge is -2.45. The van der Waals surface area contributed by atoms with E-state index in [0.29, 0.717) is 18.8 Å². The largest absolute Gasteiger partial charge is 0.459 e. The molecular weight excluding hydrogens is 809 g/mol. The molecule has 0 heterocycles. The number of benzene rings is 5. The summed E-state index contributed by atoms with van der Waals surface area (Å²) in [4.78, 5) is 27.6. The summed E-state index contributed by atoms with van der Waals surface area (Å²) in [7, 11) is -6.15. The van der Waals surface area contributed by atoms with Crippen LogP contribution in [0.1, 0.15) is 100.0 Å². The van der Waals surface area contributed by atoms with Gasteiger partial charge in [-0.3, -0.25) is 0 Å². The first kappa shape index (κ1) is 47.8. The summed E-state index contributed by atoms with van der Waals surface area (Å²) in [5.74, 6) is 0.260. The number of ether oxygens (including phenoxy) is 1. The highest BCUT2D eigenvalue weighted by Crippen LogP contribution is 2.44. The van der Waals surface area contributed by atoms with Gasteiger partial charge in [-0.1, -0.05) is 220 Å². The fourth-order valence-electron chi connectivity index (χ4n) is 10.3. The van der Waals surface area contributed by atoms with Crippen LogP contribution in [-0.4, -0.2) is 47.2 Å². The van der Waals surface area contributed by atoms with Gasteiger partial charge in [0.25, 0.3) is 16.6 Å². The van der Waals surface area contributed by atoms with Crippen LogP contribution >= 0.6 is 0 Å². The number of hydrogen-bond acceptors (Lipinski definition) is 5. The maximum atomic E-state index is 14.2. The van der Waals surface area contributed by atoms with Gasteiger partial charge in [-0.2, -0.15) is 0 Å². The zero-order valence-electron chi connectivity index (χ0n) is 39.1. The smallest absolute Gasteiger partial charge is 0.330 e. The Labute approximate surface area is 380 Å². The third-order valence-corrected chi connectivity index (χ3v) is 23.7. The zero-order valence-corrected chi connectivity index (χ0v) is 41.1. The number of aldehydes is 1. The lowest BCUT2D eigenvalue weighted by molar-refractivity contribution is -0.150. The van der Waals surface area contributed by atoms with Gasteiger partial charge < -0.3 is 18.4 Å². The Kier molecular flexibility index (Phi) is 15.5. The molecule has 1 aliphatic rings. The molecule has 7 heteroatoms. The molecule has 5 aromatic carbocycles. The second-order valence-corrected chi connectivity index (χ2v) is 28.8. The van der Waals surface area contributed by atoms with Crippen LogP contribution in [0.2, 0.25) is 10.1 Å². The van der Waals surface area contributed by atoms with Crippen molar-refractivity contribution in [1.82, 2.24) is 0 Å². The highest BCUT2D eigenvalue weighted by Gasteiger charge is 2.53. The van der Waals surface area contributed by atoms with Gasteiger partial charge in [0.2, 0.25) is 0 Å². The molecule has 332 valence electrons. The minimum absolute atomic E-state index is 0.171. The lowest BCUT2D eigenvalue weighted by Crippen LogP contribution is -2.68. The number of rotatable bonds is 17. The minimum Gasteiger partial charge on any atom is -0.459 e. The van der Waals surface area contributed by atoms with Crippen LogP contribution in [0.3, 0.4) is 0 Å². The van der Waals surface area contributed by atoms with Crippen LogP contribution in [0.4, 0.5) is 0 Å². The van der Waals surface area contributed by atoms with E-state index in [2.05, 4.69) is 190 Å². The van der Waals surface area contributed by atoms with E-state index >= 15 is 0 Å². The first-order chi connectivity index (χ1) is 30.0. The third kappa shape index (κ3) is 10.7. The van der Waals surface area contributed by atoms with Crippen molar-refractivity contribution in [3.05, 3.63) is 169 Å². The second kappa shape index (κ2) is 20.4. The van der Waals surface area contributed by atoms with Crippen LogP contribution in [0.15, 0.2) is 164 Å². The Morgan fingerprint density at radius 1 is 0.587 bits per heavy atom. The standard InChI is InChI=1S/C56H70O5Si2/c1-43-35-39-51(56(8,9)44-25-15-10-16-26-44)52(41-43)59-53(58)40-38-45(60-62(54(2,3)4,47-27-17-11-18-28-47)48-29-19-12-20-30-48)36-37-46(42-57)61-63(55(5,6)7,49-31-21-13-22-32-49)50-33-23-14-24-34-50/h10-34,38,40,42-43,45-46,51-52H,35-37,39,41H2,1-9H3/b40-38+/t43-,45-,46+,51-,52-/m1/s1. The summed E-state index contributed by atoms with van der Waals surface area (Å²) in [6.07, 6.45) is 6.71. The zero-order chi connectivity index (χ0) is 45.3. The van der Waals surface area contributed by atoms with E-state index in [-0.39, 0.29) is 33.5 Å². The topological polar surface area (TPSA) is 61.8 Å². The van der Waals surface area contributed by atoms with Crippen molar-refractivity contribution in [2.45, 2.75) is 128 Å². The summed E-state index contributed by atoms with van der Waals surface area (Å²) in [6, 6.07) is 52.6. The van der Waals surface area contributed by atoms with Crippen molar-refractivity contribution >= 4 is 49.6 Å². The molecule has 0 bridgehead atoms. The summed E-state index contributed by atoms with van der Waals surface area (Å²) in [5.41, 5.74) is 1.07. The van der Waals surface area contributed by atoms with Gasteiger partial charge in [-0.25, -0.2) is 4.79 Å². The van der Waals surface area contributed by atoms with Crippen molar-refractivity contribution in [2.24, 2.45) is 11.8 Å². The Morgan fingerprint density at radius 3 is 1.37 bits per heavy atom. The molecule has 0 amide bonds. The average Bonchev–Trinajstić information content (AvgIpc) is 3.27. The molecule has 1 aliphatic carbocycles. The molecule has 1 fully saturated rings. The van der Waals surface area contributed by atoms with E-state index < -0.39 is 28.8 Å². The number of esters is 1. The minimum atomic E-state index is -3.10. The van der Waals surface area contributed by atoms with Gasteiger partial charge in [0.1, 0.15) is 18.5 Å². The first-order valence-corrected chi connectivity index (χ1v) is 26.8. The Bertz CT molecular complexity index is 2130. The second-order valence-electron chi connectivity index (χ2n) is 20.3. The lowest BCUT2D eigenvalue weighted by atomic mass is 9.64. The molecule has 5 aromatic rings. The van der Waals surface area contributed by atoms with E-state index in [1.807, 2.05) is 30.3 Å². The summed E-state index contributed by atoms with van der Waals surface area (Å²) < 4.78 is 21.6. The Morgan fingerprint density at radius 2 is 0.968 bits per heavy atom. The molecule has 5 atom stereocenters. The molecule has 0 aromatic heterocycles. The van der Waals surface area contributed by atoms with Crippen LogP contribution in [0.25, 0.3) is 0 Å². The molecule has 5 nitrogen and oxygen atoms in total. The van der Waals surface area contributed by atoms with E-state index in [4.69, 9.17) is 13.6 Å². The molecule has 0 saturated heterocycles. The number of carbonyl (C=O) groups is 2. The summed E-state index contributed by atoms with van der Waals surface area (Å²) in [5, 5.41) is 3.89. The average molecular weight is 879 g/mol. The molecular formula is C56H70O5Si2. The maximum Gasteiger partial charge on any atom is 0.330 e. The molecule has 6 rings (SSSR count). The van der Waals surface area contributed by atoms with Crippen LogP contribution in [0.5, 0.6) is 0 Å². The van der Waals surface area contributed by atoms with Crippen molar-refractivity contribution in [2.75, 3.05) is 0 Å². The highest BCUT2D eigenvalue weighted by molar-refractivity contribution is 7.00. The number of carbonyl (C=O) groups excluding carboxylic acids is 2. The molecule has 63 heavy (non-hydrogen) atoms.